The smallest absolute Gasteiger partial charge is 0.310 e. The maximum Gasteiger partial charge on any atom is 0.310 e. The van der Waals surface area contributed by atoms with Crippen LogP contribution in [0, 0.1) is 5.41 Å². The summed E-state index contributed by atoms with van der Waals surface area (Å²) in [5, 5.41) is 9.33. The number of carbonyl (C=O) groups excluding carboxylic acids is 2. The fourth-order valence-electron chi connectivity index (χ4n) is 3.18. The average Bonchev–Trinajstić information content (AvgIpc) is 2.64. The number of carbonyl (C=O) groups is 3. The van der Waals surface area contributed by atoms with E-state index in [0.29, 0.717) is 19.5 Å². The van der Waals surface area contributed by atoms with Crippen LogP contribution in [0.5, 0.6) is 0 Å². The van der Waals surface area contributed by atoms with E-state index in [2.05, 4.69) is 0 Å². The van der Waals surface area contributed by atoms with Gasteiger partial charge in [-0.2, -0.15) is 0 Å². The van der Waals surface area contributed by atoms with Crippen molar-refractivity contribution in [1.29, 1.82) is 0 Å². The molecule has 2 fully saturated rings. The molecule has 0 saturated carbocycles. The zero-order valence-electron chi connectivity index (χ0n) is 12.3. The van der Waals surface area contributed by atoms with Gasteiger partial charge in [0.2, 0.25) is 11.8 Å². The number of hydrogen-bond acceptors (Lipinski definition) is 4. The van der Waals surface area contributed by atoms with E-state index in [1.807, 2.05) is 18.7 Å². The Kier molecular flexibility index (Phi) is 3.86. The van der Waals surface area contributed by atoms with E-state index < -0.39 is 17.4 Å². The second-order valence-corrected chi connectivity index (χ2v) is 6.36. The summed E-state index contributed by atoms with van der Waals surface area (Å²) in [5.41, 5.74) is -0.827. The average molecular weight is 282 g/mol. The van der Waals surface area contributed by atoms with Crippen molar-refractivity contribution in [2.75, 3.05) is 13.1 Å². The number of aliphatic carboxylic acids is 1. The Morgan fingerprint density at radius 3 is 2.55 bits per heavy atom. The Morgan fingerprint density at radius 1 is 1.40 bits per heavy atom. The summed E-state index contributed by atoms with van der Waals surface area (Å²) in [7, 11) is 0. The fourth-order valence-corrected chi connectivity index (χ4v) is 3.18. The second-order valence-electron chi connectivity index (χ2n) is 6.36. The van der Waals surface area contributed by atoms with Crippen molar-refractivity contribution in [2.24, 2.45) is 5.41 Å². The van der Waals surface area contributed by atoms with Crippen LogP contribution in [0.3, 0.4) is 0 Å². The van der Waals surface area contributed by atoms with Gasteiger partial charge in [0.1, 0.15) is 0 Å². The summed E-state index contributed by atoms with van der Waals surface area (Å²) in [6.45, 7) is 6.35. The molecule has 0 aliphatic carbocycles. The summed E-state index contributed by atoms with van der Waals surface area (Å²) in [6.07, 6.45) is 1.52. The zero-order valence-corrected chi connectivity index (χ0v) is 12.3. The normalized spacial score (nSPS) is 32.2. The molecule has 1 N–H and O–H groups in total. The van der Waals surface area contributed by atoms with Crippen LogP contribution in [0.25, 0.3) is 0 Å². The van der Waals surface area contributed by atoms with E-state index >= 15 is 0 Å². The molecular weight excluding hydrogens is 260 g/mol. The first-order valence-corrected chi connectivity index (χ1v) is 7.09. The molecular formula is C14H22N2O4. The number of amides is 2. The van der Waals surface area contributed by atoms with Gasteiger partial charge in [0.15, 0.2) is 0 Å². The number of likely N-dealkylation sites (tertiary alicyclic amines) is 2. The lowest BCUT2D eigenvalue weighted by molar-refractivity contribution is -0.153. The number of hydrogen-bond donors (Lipinski definition) is 1. The van der Waals surface area contributed by atoms with Crippen LogP contribution in [-0.2, 0) is 14.4 Å². The number of imide groups is 1. The van der Waals surface area contributed by atoms with E-state index in [-0.39, 0.29) is 24.3 Å². The number of carboxylic acids is 1. The molecule has 2 aliphatic rings. The van der Waals surface area contributed by atoms with Crippen LogP contribution < -0.4 is 0 Å². The Bertz CT molecular complexity index is 448. The van der Waals surface area contributed by atoms with Crippen molar-refractivity contribution >= 4 is 17.8 Å². The minimum atomic E-state index is -0.834. The Balaban J connectivity index is 2.15. The molecule has 0 spiro atoms. The largest absolute Gasteiger partial charge is 0.481 e. The monoisotopic (exact) mass is 282 g/mol. The Hall–Kier alpha value is -1.43. The third-order valence-electron chi connectivity index (χ3n) is 4.36. The third-order valence-corrected chi connectivity index (χ3v) is 4.36. The molecule has 2 rings (SSSR count). The van der Waals surface area contributed by atoms with Gasteiger partial charge < -0.3 is 5.11 Å². The summed E-state index contributed by atoms with van der Waals surface area (Å²) >= 11 is 0. The van der Waals surface area contributed by atoms with Crippen molar-refractivity contribution < 1.29 is 19.5 Å². The van der Waals surface area contributed by atoms with Crippen LogP contribution in [0.1, 0.15) is 40.0 Å². The van der Waals surface area contributed by atoms with Gasteiger partial charge in [-0.1, -0.05) is 0 Å². The van der Waals surface area contributed by atoms with Gasteiger partial charge in [0.05, 0.1) is 17.9 Å². The molecule has 0 aromatic heterocycles. The molecule has 2 aliphatic heterocycles. The predicted molar refractivity (Wildman–Crippen MR) is 71.9 cm³/mol. The highest BCUT2D eigenvalue weighted by Gasteiger charge is 2.47. The minimum absolute atomic E-state index is 0.143. The molecule has 2 unspecified atom stereocenters. The first-order chi connectivity index (χ1) is 9.26. The van der Waals surface area contributed by atoms with E-state index in [0.717, 1.165) is 6.42 Å². The number of piperidine rings is 1. The molecule has 0 aromatic rings. The fraction of sp³-hybridized carbons (Fsp3) is 0.786. The Morgan fingerprint density at radius 2 is 2.05 bits per heavy atom. The first-order valence-electron chi connectivity index (χ1n) is 7.09. The second kappa shape index (κ2) is 5.16. The van der Waals surface area contributed by atoms with Crippen LogP contribution in [0.4, 0.5) is 0 Å². The molecule has 6 nitrogen and oxygen atoms in total. The van der Waals surface area contributed by atoms with Gasteiger partial charge in [-0.15, -0.1) is 0 Å². The highest BCUT2D eigenvalue weighted by Crippen LogP contribution is 2.33. The lowest BCUT2D eigenvalue weighted by atomic mass is 9.81. The molecule has 2 amide bonds. The molecule has 2 saturated heterocycles. The molecule has 6 heteroatoms. The molecule has 2 heterocycles. The lowest BCUT2D eigenvalue weighted by Crippen LogP contribution is -2.52. The predicted octanol–water partition coefficient (Wildman–Crippen LogP) is 0.709. The minimum Gasteiger partial charge on any atom is -0.481 e. The van der Waals surface area contributed by atoms with Crippen LogP contribution in [-0.4, -0.2) is 57.9 Å². The van der Waals surface area contributed by atoms with Gasteiger partial charge in [-0.3, -0.25) is 24.2 Å². The summed E-state index contributed by atoms with van der Waals surface area (Å²) in [5.74, 6) is -1.17. The number of carboxylic acid groups (broad SMARTS) is 1. The number of rotatable bonds is 3. The summed E-state index contributed by atoms with van der Waals surface area (Å²) in [4.78, 5) is 38.8. The molecule has 112 valence electrons. The SMILES string of the molecule is CC(C)N1C(=O)CC(N2CCCC(C)(C(=O)O)C2)C1=O. The Labute approximate surface area is 118 Å². The molecule has 20 heavy (non-hydrogen) atoms. The van der Waals surface area contributed by atoms with Gasteiger partial charge in [-0.05, 0) is 40.2 Å². The van der Waals surface area contributed by atoms with E-state index in [4.69, 9.17) is 0 Å². The molecule has 0 aromatic carbocycles. The van der Waals surface area contributed by atoms with E-state index in [1.54, 1.807) is 6.92 Å². The maximum atomic E-state index is 12.4. The first kappa shape index (κ1) is 15.0. The van der Waals surface area contributed by atoms with E-state index in [9.17, 15) is 19.5 Å². The molecule has 0 bridgehead atoms. The van der Waals surface area contributed by atoms with Crippen molar-refractivity contribution in [3.8, 4) is 0 Å². The quantitative estimate of drug-likeness (QED) is 0.771. The van der Waals surface area contributed by atoms with Crippen molar-refractivity contribution in [3.05, 3.63) is 0 Å². The number of nitrogens with zero attached hydrogens (tertiary/aromatic N) is 2. The van der Waals surface area contributed by atoms with Crippen LogP contribution in [0.15, 0.2) is 0 Å². The highest BCUT2D eigenvalue weighted by atomic mass is 16.4. The van der Waals surface area contributed by atoms with Crippen LogP contribution >= 0.6 is 0 Å². The van der Waals surface area contributed by atoms with Gasteiger partial charge in [0.25, 0.3) is 0 Å². The van der Waals surface area contributed by atoms with Gasteiger partial charge in [0, 0.05) is 12.6 Å². The van der Waals surface area contributed by atoms with E-state index in [1.165, 1.54) is 4.90 Å². The standard InChI is InChI=1S/C14H22N2O4/c1-9(2)16-11(17)7-10(12(16)18)15-6-4-5-14(3,8-15)13(19)20/h9-10H,4-8H2,1-3H3,(H,19,20). The third kappa shape index (κ3) is 2.44. The van der Waals surface area contributed by atoms with Crippen molar-refractivity contribution in [1.82, 2.24) is 9.80 Å². The van der Waals surface area contributed by atoms with Crippen LogP contribution in [0.2, 0.25) is 0 Å². The van der Waals surface area contributed by atoms with Gasteiger partial charge >= 0.3 is 5.97 Å². The topological polar surface area (TPSA) is 77.9 Å². The van der Waals surface area contributed by atoms with Crippen molar-refractivity contribution in [3.63, 3.8) is 0 Å². The lowest BCUT2D eigenvalue weighted by Gasteiger charge is -2.39. The van der Waals surface area contributed by atoms with Crippen molar-refractivity contribution in [2.45, 2.75) is 52.1 Å². The molecule has 2 atom stereocenters. The highest BCUT2D eigenvalue weighted by molar-refractivity contribution is 6.05. The summed E-state index contributed by atoms with van der Waals surface area (Å²) < 4.78 is 0. The maximum absolute atomic E-state index is 12.4. The summed E-state index contributed by atoms with van der Waals surface area (Å²) in [6, 6.07) is -0.625. The molecule has 0 radical (unpaired) electrons. The van der Waals surface area contributed by atoms with Gasteiger partial charge in [-0.25, -0.2) is 0 Å². The zero-order chi connectivity index (χ0) is 15.1.